The number of hydrogen-bond acceptors (Lipinski definition) is 3. The van der Waals surface area contributed by atoms with Crippen molar-refractivity contribution in [3.63, 3.8) is 0 Å². The monoisotopic (exact) mass is 259 g/mol. The van der Waals surface area contributed by atoms with Crippen molar-refractivity contribution in [1.29, 1.82) is 0 Å². The Bertz CT molecular complexity index is 358. The Balaban J connectivity index is 1.86. The lowest BCUT2D eigenvalue weighted by Gasteiger charge is -2.35. The van der Waals surface area contributed by atoms with Gasteiger partial charge in [0.1, 0.15) is 0 Å². The normalized spacial score (nSPS) is 41.5. The van der Waals surface area contributed by atoms with Crippen LogP contribution in [0, 0.1) is 5.92 Å². The summed E-state index contributed by atoms with van der Waals surface area (Å²) >= 11 is 0. The van der Waals surface area contributed by atoms with Gasteiger partial charge in [0.25, 0.3) is 0 Å². The molecule has 0 aromatic carbocycles. The third-order valence-corrected chi connectivity index (χ3v) is 6.38. The van der Waals surface area contributed by atoms with E-state index in [1.807, 2.05) is 0 Å². The number of hydrogen-bond donors (Lipinski definition) is 1. The number of sulfone groups is 1. The zero-order chi connectivity index (χ0) is 12.5. The Labute approximate surface area is 105 Å². The summed E-state index contributed by atoms with van der Waals surface area (Å²) in [6.07, 6.45) is 7.11. The van der Waals surface area contributed by atoms with E-state index < -0.39 is 9.84 Å². The largest absolute Gasteiger partial charge is 0.308 e. The summed E-state index contributed by atoms with van der Waals surface area (Å²) < 4.78 is 23.1. The summed E-state index contributed by atoms with van der Waals surface area (Å²) in [5.74, 6) is 1.59. The van der Waals surface area contributed by atoms with Gasteiger partial charge in [-0.1, -0.05) is 13.3 Å². The highest BCUT2D eigenvalue weighted by Crippen LogP contribution is 2.30. The van der Waals surface area contributed by atoms with Gasteiger partial charge in [0.05, 0.1) is 11.5 Å². The van der Waals surface area contributed by atoms with Crippen molar-refractivity contribution in [3.05, 3.63) is 0 Å². The topological polar surface area (TPSA) is 46.2 Å². The van der Waals surface area contributed by atoms with Gasteiger partial charge in [0, 0.05) is 11.6 Å². The molecule has 1 atom stereocenters. The number of nitrogens with one attached hydrogen (secondary N) is 1. The Morgan fingerprint density at radius 3 is 2.35 bits per heavy atom. The lowest BCUT2D eigenvalue weighted by atomic mass is 9.83. The van der Waals surface area contributed by atoms with Crippen molar-refractivity contribution in [3.8, 4) is 0 Å². The first kappa shape index (κ1) is 13.3. The molecule has 1 saturated carbocycles. The van der Waals surface area contributed by atoms with Crippen LogP contribution in [0.25, 0.3) is 0 Å². The second-order valence-electron chi connectivity index (χ2n) is 6.17. The summed E-state index contributed by atoms with van der Waals surface area (Å²) in [7, 11) is -2.78. The van der Waals surface area contributed by atoms with Crippen LogP contribution in [-0.2, 0) is 9.84 Å². The second kappa shape index (κ2) is 4.88. The van der Waals surface area contributed by atoms with E-state index in [0.29, 0.717) is 17.5 Å². The standard InChI is InChI=1S/C13H25NO2S/c1-3-11-4-6-12(7-5-11)14-13(2)8-9-17(15,16)10-13/h11-12,14H,3-10H2,1-2H3. The van der Waals surface area contributed by atoms with Gasteiger partial charge in [-0.25, -0.2) is 8.42 Å². The molecule has 4 heteroatoms. The summed E-state index contributed by atoms with van der Waals surface area (Å²) in [6, 6.07) is 0.538. The minimum Gasteiger partial charge on any atom is -0.308 e. The molecule has 1 unspecified atom stereocenters. The lowest BCUT2D eigenvalue weighted by molar-refractivity contribution is 0.240. The van der Waals surface area contributed by atoms with Crippen LogP contribution in [-0.4, -0.2) is 31.5 Å². The zero-order valence-electron chi connectivity index (χ0n) is 11.0. The van der Waals surface area contributed by atoms with Gasteiger partial charge in [-0.05, 0) is 44.9 Å². The molecular weight excluding hydrogens is 234 g/mol. The molecular formula is C13H25NO2S. The third-order valence-electron chi connectivity index (χ3n) is 4.48. The van der Waals surface area contributed by atoms with Crippen molar-refractivity contribution in [2.45, 2.75) is 64.0 Å². The SMILES string of the molecule is CCC1CCC(NC2(C)CCS(=O)(=O)C2)CC1. The molecule has 1 N–H and O–H groups in total. The van der Waals surface area contributed by atoms with Crippen molar-refractivity contribution < 1.29 is 8.42 Å². The highest BCUT2D eigenvalue weighted by molar-refractivity contribution is 7.91. The Hall–Kier alpha value is -0.0900. The summed E-state index contributed by atoms with van der Waals surface area (Å²) in [5, 5.41) is 3.62. The average Bonchev–Trinajstić information content (AvgIpc) is 2.54. The van der Waals surface area contributed by atoms with Gasteiger partial charge in [0.2, 0.25) is 0 Å². The van der Waals surface area contributed by atoms with Crippen LogP contribution >= 0.6 is 0 Å². The molecule has 2 rings (SSSR count). The van der Waals surface area contributed by atoms with Gasteiger partial charge in [-0.3, -0.25) is 0 Å². The molecule has 1 aliphatic heterocycles. The van der Waals surface area contributed by atoms with Crippen LogP contribution in [0.4, 0.5) is 0 Å². The summed E-state index contributed by atoms with van der Waals surface area (Å²) in [5.41, 5.74) is -0.164. The smallest absolute Gasteiger partial charge is 0.152 e. The molecule has 0 aromatic heterocycles. The quantitative estimate of drug-likeness (QED) is 0.844. The van der Waals surface area contributed by atoms with E-state index in [1.165, 1.54) is 32.1 Å². The van der Waals surface area contributed by atoms with Gasteiger partial charge in [-0.15, -0.1) is 0 Å². The first-order chi connectivity index (χ1) is 7.92. The molecule has 0 amide bonds. The molecule has 1 heterocycles. The average molecular weight is 259 g/mol. The molecule has 3 nitrogen and oxygen atoms in total. The summed E-state index contributed by atoms with van der Waals surface area (Å²) in [6.45, 7) is 4.34. The van der Waals surface area contributed by atoms with Crippen LogP contribution in [0.1, 0.15) is 52.4 Å². The first-order valence-corrected chi connectivity index (χ1v) is 8.73. The molecule has 1 saturated heterocycles. The van der Waals surface area contributed by atoms with E-state index in [4.69, 9.17) is 0 Å². The Kier molecular flexibility index (Phi) is 3.83. The van der Waals surface area contributed by atoms with Crippen LogP contribution in [0.5, 0.6) is 0 Å². The first-order valence-electron chi connectivity index (χ1n) is 6.90. The predicted octanol–water partition coefficient (Wildman–Crippen LogP) is 2.12. The van der Waals surface area contributed by atoms with Gasteiger partial charge in [0.15, 0.2) is 9.84 Å². The molecule has 2 fully saturated rings. The summed E-state index contributed by atoms with van der Waals surface area (Å²) in [4.78, 5) is 0. The van der Waals surface area contributed by atoms with Crippen LogP contribution in [0.15, 0.2) is 0 Å². The van der Waals surface area contributed by atoms with Gasteiger partial charge < -0.3 is 5.32 Å². The van der Waals surface area contributed by atoms with E-state index in [1.54, 1.807) is 0 Å². The van der Waals surface area contributed by atoms with Crippen LogP contribution in [0.3, 0.4) is 0 Å². The van der Waals surface area contributed by atoms with Crippen LogP contribution < -0.4 is 5.32 Å². The number of rotatable bonds is 3. The van der Waals surface area contributed by atoms with Gasteiger partial charge >= 0.3 is 0 Å². The molecule has 1 aliphatic carbocycles. The molecule has 0 bridgehead atoms. The zero-order valence-corrected chi connectivity index (χ0v) is 11.9. The van der Waals surface area contributed by atoms with Crippen molar-refractivity contribution >= 4 is 9.84 Å². The molecule has 17 heavy (non-hydrogen) atoms. The highest BCUT2D eigenvalue weighted by atomic mass is 32.2. The third kappa shape index (κ3) is 3.44. The molecule has 0 radical (unpaired) electrons. The Morgan fingerprint density at radius 2 is 1.88 bits per heavy atom. The van der Waals surface area contributed by atoms with E-state index in [0.717, 1.165) is 12.3 Å². The highest BCUT2D eigenvalue weighted by Gasteiger charge is 2.39. The van der Waals surface area contributed by atoms with E-state index in [9.17, 15) is 8.42 Å². The van der Waals surface area contributed by atoms with Crippen molar-refractivity contribution in [2.75, 3.05) is 11.5 Å². The van der Waals surface area contributed by atoms with Crippen molar-refractivity contribution in [2.24, 2.45) is 5.92 Å². The minimum absolute atomic E-state index is 0.164. The maximum Gasteiger partial charge on any atom is 0.152 e. The molecule has 0 spiro atoms. The second-order valence-corrected chi connectivity index (χ2v) is 8.36. The fourth-order valence-electron chi connectivity index (χ4n) is 3.33. The lowest BCUT2D eigenvalue weighted by Crippen LogP contribution is -2.50. The van der Waals surface area contributed by atoms with Crippen molar-refractivity contribution in [1.82, 2.24) is 5.32 Å². The molecule has 0 aromatic rings. The molecule has 100 valence electrons. The van der Waals surface area contributed by atoms with Gasteiger partial charge in [-0.2, -0.15) is 0 Å². The fourth-order valence-corrected chi connectivity index (χ4v) is 5.44. The predicted molar refractivity (Wildman–Crippen MR) is 70.8 cm³/mol. The fraction of sp³-hybridized carbons (Fsp3) is 1.00. The molecule has 2 aliphatic rings. The minimum atomic E-state index is -2.78. The maximum absolute atomic E-state index is 11.5. The van der Waals surface area contributed by atoms with Crippen LogP contribution in [0.2, 0.25) is 0 Å². The Morgan fingerprint density at radius 1 is 1.24 bits per heavy atom. The van der Waals surface area contributed by atoms with E-state index in [2.05, 4.69) is 19.2 Å². The maximum atomic E-state index is 11.5. The van der Waals surface area contributed by atoms with E-state index >= 15 is 0 Å². The van der Waals surface area contributed by atoms with E-state index in [-0.39, 0.29) is 5.54 Å².